The topological polar surface area (TPSA) is 66.0 Å². The molecule has 0 aliphatic heterocycles. The Morgan fingerprint density at radius 3 is 2.94 bits per heavy atom. The van der Waals surface area contributed by atoms with E-state index in [0.29, 0.717) is 0 Å². The fourth-order valence-corrected chi connectivity index (χ4v) is 3.23. The average molecular weight is 315 g/mol. The fourth-order valence-electron chi connectivity index (χ4n) is 1.67. The number of aryl methyl sites for hydroxylation is 1. The fraction of sp³-hybridized carbons (Fsp3) is 0.273. The van der Waals surface area contributed by atoms with Gasteiger partial charge in [0.2, 0.25) is 0 Å². The summed E-state index contributed by atoms with van der Waals surface area (Å²) in [5.74, 6) is -0.178. The van der Waals surface area contributed by atoms with Gasteiger partial charge in [0.15, 0.2) is 0 Å². The third-order valence-electron chi connectivity index (χ3n) is 2.41. The first-order chi connectivity index (χ1) is 8.06. The van der Waals surface area contributed by atoms with E-state index in [0.717, 1.165) is 20.9 Å². The number of hydrogen-bond donors (Lipinski definition) is 2. The average Bonchev–Trinajstić information content (AvgIpc) is 2.84. The molecule has 0 saturated carbocycles. The number of nitrogens with zero attached hydrogens (tertiary/aromatic N) is 1. The number of hydrogen-bond acceptors (Lipinski definition) is 3. The summed E-state index contributed by atoms with van der Waals surface area (Å²) in [6.07, 6.45) is 1.77. The zero-order valence-electron chi connectivity index (χ0n) is 9.11. The summed E-state index contributed by atoms with van der Waals surface area (Å²) in [4.78, 5) is 19.2. The minimum absolute atomic E-state index is 0.0641. The van der Waals surface area contributed by atoms with Gasteiger partial charge in [-0.1, -0.05) is 0 Å². The largest absolute Gasteiger partial charge is 0.481 e. The molecular formula is C11H11BrN2O2S. The van der Waals surface area contributed by atoms with Gasteiger partial charge in [0.05, 0.1) is 6.42 Å². The number of carboxylic acids is 1. The molecule has 4 nitrogen and oxygen atoms in total. The van der Waals surface area contributed by atoms with E-state index >= 15 is 0 Å². The van der Waals surface area contributed by atoms with Gasteiger partial charge in [-0.15, -0.1) is 11.3 Å². The van der Waals surface area contributed by atoms with E-state index in [4.69, 9.17) is 5.11 Å². The minimum Gasteiger partial charge on any atom is -0.481 e. The Hall–Kier alpha value is -1.14. The summed E-state index contributed by atoms with van der Waals surface area (Å²) >= 11 is 4.93. The van der Waals surface area contributed by atoms with Crippen LogP contribution in [0.4, 0.5) is 0 Å². The van der Waals surface area contributed by atoms with Crippen molar-refractivity contribution < 1.29 is 9.90 Å². The van der Waals surface area contributed by atoms with E-state index in [-0.39, 0.29) is 12.3 Å². The van der Waals surface area contributed by atoms with Gasteiger partial charge in [-0.3, -0.25) is 4.79 Å². The molecule has 2 aromatic heterocycles. The third-order valence-corrected chi connectivity index (χ3v) is 4.22. The second-order valence-corrected chi connectivity index (χ2v) is 5.60. The van der Waals surface area contributed by atoms with Crippen LogP contribution in [0, 0.1) is 6.92 Å². The first kappa shape index (κ1) is 12.3. The minimum atomic E-state index is -0.813. The molecule has 0 aliphatic carbocycles. The van der Waals surface area contributed by atoms with Crippen molar-refractivity contribution in [1.82, 2.24) is 9.97 Å². The van der Waals surface area contributed by atoms with Crippen LogP contribution >= 0.6 is 27.3 Å². The number of rotatable bonds is 4. The van der Waals surface area contributed by atoms with Gasteiger partial charge in [0.1, 0.15) is 5.82 Å². The van der Waals surface area contributed by atoms with Gasteiger partial charge in [0.25, 0.3) is 0 Å². The lowest BCUT2D eigenvalue weighted by Gasteiger charge is -2.10. The van der Waals surface area contributed by atoms with Gasteiger partial charge >= 0.3 is 5.97 Å². The molecule has 0 aromatic carbocycles. The zero-order valence-corrected chi connectivity index (χ0v) is 11.5. The molecule has 0 bridgehead atoms. The van der Waals surface area contributed by atoms with Crippen LogP contribution in [0.3, 0.4) is 0 Å². The highest BCUT2D eigenvalue weighted by Crippen LogP contribution is 2.33. The van der Waals surface area contributed by atoms with Gasteiger partial charge in [0, 0.05) is 32.5 Å². The Bertz CT molecular complexity index is 495. The highest BCUT2D eigenvalue weighted by Gasteiger charge is 2.21. The molecule has 0 spiro atoms. The summed E-state index contributed by atoms with van der Waals surface area (Å²) in [5.41, 5.74) is 0.847. The highest BCUT2D eigenvalue weighted by atomic mass is 79.9. The maximum atomic E-state index is 10.9. The molecule has 2 rings (SSSR count). The van der Waals surface area contributed by atoms with Crippen molar-refractivity contribution in [2.75, 3.05) is 0 Å². The van der Waals surface area contributed by atoms with Gasteiger partial charge in [-0.05, 0) is 28.9 Å². The molecule has 1 unspecified atom stereocenters. The summed E-state index contributed by atoms with van der Waals surface area (Å²) in [7, 11) is 0. The van der Waals surface area contributed by atoms with Gasteiger partial charge in [-0.25, -0.2) is 4.98 Å². The molecule has 2 N–H and O–H groups in total. The molecule has 2 aromatic rings. The predicted octanol–water partition coefficient (Wildman–Crippen LogP) is 3.15. The van der Waals surface area contributed by atoms with E-state index in [1.807, 2.05) is 18.4 Å². The van der Waals surface area contributed by atoms with Crippen LogP contribution in [0.25, 0.3) is 0 Å². The number of carboxylic acid groups (broad SMARTS) is 1. The van der Waals surface area contributed by atoms with Crippen molar-refractivity contribution >= 4 is 33.2 Å². The standard InChI is InChI=1S/C11H11BrN2O2S/c1-6-13-4-9(14-6)8(3-11(15)16)10-2-7(12)5-17-10/h2,4-5,8H,3H2,1H3,(H,13,14)(H,15,16). The second kappa shape index (κ2) is 5.01. The Morgan fingerprint density at radius 2 is 2.47 bits per heavy atom. The lowest BCUT2D eigenvalue weighted by molar-refractivity contribution is -0.137. The maximum Gasteiger partial charge on any atom is 0.304 e. The third kappa shape index (κ3) is 2.95. The van der Waals surface area contributed by atoms with Crippen LogP contribution in [0.5, 0.6) is 0 Å². The molecule has 0 radical (unpaired) electrons. The number of H-pyrrole nitrogens is 1. The van der Waals surface area contributed by atoms with E-state index in [2.05, 4.69) is 25.9 Å². The van der Waals surface area contributed by atoms with E-state index < -0.39 is 5.97 Å². The normalized spacial score (nSPS) is 12.6. The van der Waals surface area contributed by atoms with Crippen LogP contribution in [-0.4, -0.2) is 21.0 Å². The molecule has 17 heavy (non-hydrogen) atoms. The van der Waals surface area contributed by atoms with Crippen LogP contribution in [0.1, 0.15) is 28.7 Å². The number of thiophene rings is 1. The second-order valence-electron chi connectivity index (χ2n) is 3.74. The van der Waals surface area contributed by atoms with E-state index in [1.54, 1.807) is 17.5 Å². The summed E-state index contributed by atoms with van der Waals surface area (Å²) < 4.78 is 0.976. The maximum absolute atomic E-state index is 10.9. The van der Waals surface area contributed by atoms with Crippen molar-refractivity contribution in [2.24, 2.45) is 0 Å². The molecule has 2 heterocycles. The molecule has 0 saturated heterocycles. The Kier molecular flexibility index (Phi) is 3.63. The first-order valence-corrected chi connectivity index (χ1v) is 6.70. The number of halogens is 1. The SMILES string of the molecule is Cc1ncc(C(CC(=O)O)c2cc(Br)cs2)[nH]1. The molecule has 0 aliphatic rings. The smallest absolute Gasteiger partial charge is 0.304 e. The number of imidazole rings is 1. The predicted molar refractivity (Wildman–Crippen MR) is 69.4 cm³/mol. The van der Waals surface area contributed by atoms with Gasteiger partial charge < -0.3 is 10.1 Å². The number of aromatic nitrogens is 2. The molecule has 0 fully saturated rings. The summed E-state index contributed by atoms with van der Waals surface area (Å²) in [5, 5.41) is 10.9. The Balaban J connectivity index is 2.34. The van der Waals surface area contributed by atoms with Crippen LogP contribution in [-0.2, 0) is 4.79 Å². The van der Waals surface area contributed by atoms with E-state index in [9.17, 15) is 4.79 Å². The first-order valence-electron chi connectivity index (χ1n) is 5.03. The summed E-state index contributed by atoms with van der Waals surface area (Å²) in [6.45, 7) is 1.85. The van der Waals surface area contributed by atoms with Crippen LogP contribution in [0.15, 0.2) is 22.1 Å². The lowest BCUT2D eigenvalue weighted by atomic mass is 10.0. The number of carbonyl (C=O) groups is 1. The van der Waals surface area contributed by atoms with Crippen molar-refractivity contribution in [3.63, 3.8) is 0 Å². The van der Waals surface area contributed by atoms with Crippen molar-refractivity contribution in [3.05, 3.63) is 38.5 Å². The molecule has 1 atom stereocenters. The number of nitrogens with one attached hydrogen (secondary N) is 1. The van der Waals surface area contributed by atoms with Gasteiger partial charge in [-0.2, -0.15) is 0 Å². The molecule has 90 valence electrons. The monoisotopic (exact) mass is 314 g/mol. The van der Waals surface area contributed by atoms with Crippen molar-refractivity contribution in [1.29, 1.82) is 0 Å². The Labute approximate surface area is 111 Å². The van der Waals surface area contributed by atoms with Crippen molar-refractivity contribution in [3.8, 4) is 0 Å². The Morgan fingerprint density at radius 1 is 1.71 bits per heavy atom. The number of aliphatic carboxylic acids is 1. The molecule has 6 heteroatoms. The molecular weight excluding hydrogens is 304 g/mol. The zero-order chi connectivity index (χ0) is 12.4. The van der Waals surface area contributed by atoms with Crippen LogP contribution < -0.4 is 0 Å². The summed E-state index contributed by atoms with van der Waals surface area (Å²) in [6, 6.07) is 1.95. The van der Waals surface area contributed by atoms with E-state index in [1.165, 1.54) is 0 Å². The highest BCUT2D eigenvalue weighted by molar-refractivity contribution is 9.10. The van der Waals surface area contributed by atoms with Crippen molar-refractivity contribution in [2.45, 2.75) is 19.3 Å². The van der Waals surface area contributed by atoms with Crippen LogP contribution in [0.2, 0.25) is 0 Å². The lowest BCUT2D eigenvalue weighted by Crippen LogP contribution is -2.07. The molecule has 0 amide bonds. The number of aromatic amines is 1. The quantitative estimate of drug-likeness (QED) is 0.911.